The lowest BCUT2D eigenvalue weighted by atomic mass is 10.0. The zero-order valence-electron chi connectivity index (χ0n) is 8.50. The van der Waals surface area contributed by atoms with Crippen LogP contribution >= 0.6 is 0 Å². The van der Waals surface area contributed by atoms with E-state index in [1.54, 1.807) is 7.11 Å². The molecule has 0 spiro atoms. The average molecular weight is 179 g/mol. The van der Waals surface area contributed by atoms with Crippen LogP contribution in [-0.2, 0) is 6.42 Å². The van der Waals surface area contributed by atoms with Crippen molar-refractivity contribution in [3.8, 4) is 5.75 Å². The SMILES string of the molecule is COc1cc(C)cc(CC(C)N)c1. The van der Waals surface area contributed by atoms with Crippen molar-refractivity contribution in [2.24, 2.45) is 5.73 Å². The number of hydrogen-bond acceptors (Lipinski definition) is 2. The van der Waals surface area contributed by atoms with Crippen molar-refractivity contribution < 1.29 is 4.74 Å². The molecule has 72 valence electrons. The number of rotatable bonds is 3. The Hall–Kier alpha value is -1.02. The Morgan fingerprint density at radius 3 is 2.62 bits per heavy atom. The molecule has 2 nitrogen and oxygen atoms in total. The number of aryl methyl sites for hydroxylation is 1. The van der Waals surface area contributed by atoms with Gasteiger partial charge in [-0.25, -0.2) is 0 Å². The van der Waals surface area contributed by atoms with Crippen molar-refractivity contribution in [1.82, 2.24) is 0 Å². The van der Waals surface area contributed by atoms with Crippen LogP contribution in [0, 0.1) is 6.92 Å². The molecule has 2 N–H and O–H groups in total. The van der Waals surface area contributed by atoms with Gasteiger partial charge in [0.15, 0.2) is 0 Å². The Bertz CT molecular complexity index is 281. The van der Waals surface area contributed by atoms with Gasteiger partial charge in [0, 0.05) is 6.04 Å². The summed E-state index contributed by atoms with van der Waals surface area (Å²) in [7, 11) is 1.68. The molecule has 0 aliphatic carbocycles. The van der Waals surface area contributed by atoms with Gasteiger partial charge >= 0.3 is 0 Å². The average Bonchev–Trinajstić information content (AvgIpc) is 2.01. The summed E-state index contributed by atoms with van der Waals surface area (Å²) in [6.07, 6.45) is 0.901. The standard InChI is InChI=1S/C11H17NO/c1-8-4-10(6-9(2)12)7-11(5-8)13-3/h4-5,7,9H,6,12H2,1-3H3. The van der Waals surface area contributed by atoms with Crippen LogP contribution in [0.3, 0.4) is 0 Å². The fraction of sp³-hybridized carbons (Fsp3) is 0.455. The third-order valence-corrected chi connectivity index (χ3v) is 1.90. The van der Waals surface area contributed by atoms with Crippen molar-refractivity contribution in [2.75, 3.05) is 7.11 Å². The molecule has 0 heterocycles. The molecule has 0 aromatic heterocycles. The lowest BCUT2D eigenvalue weighted by Gasteiger charge is -2.08. The van der Waals surface area contributed by atoms with E-state index in [0.29, 0.717) is 0 Å². The highest BCUT2D eigenvalue weighted by Crippen LogP contribution is 2.17. The molecule has 0 aliphatic heterocycles. The summed E-state index contributed by atoms with van der Waals surface area (Å²) in [4.78, 5) is 0. The highest BCUT2D eigenvalue weighted by Gasteiger charge is 2.01. The maximum atomic E-state index is 5.73. The number of ether oxygens (including phenoxy) is 1. The van der Waals surface area contributed by atoms with Crippen LogP contribution in [-0.4, -0.2) is 13.2 Å². The van der Waals surface area contributed by atoms with Crippen LogP contribution in [0.25, 0.3) is 0 Å². The highest BCUT2D eigenvalue weighted by atomic mass is 16.5. The van der Waals surface area contributed by atoms with Gasteiger partial charge < -0.3 is 10.5 Å². The number of benzene rings is 1. The molecule has 1 aromatic rings. The quantitative estimate of drug-likeness (QED) is 0.769. The molecule has 0 amide bonds. The second-order valence-electron chi connectivity index (χ2n) is 3.54. The first-order valence-corrected chi connectivity index (χ1v) is 4.52. The van der Waals surface area contributed by atoms with E-state index in [1.165, 1.54) is 11.1 Å². The molecule has 0 bridgehead atoms. The van der Waals surface area contributed by atoms with E-state index >= 15 is 0 Å². The maximum Gasteiger partial charge on any atom is 0.119 e. The van der Waals surface area contributed by atoms with Gasteiger partial charge in [0.2, 0.25) is 0 Å². The summed E-state index contributed by atoms with van der Waals surface area (Å²) in [5.41, 5.74) is 8.19. The van der Waals surface area contributed by atoms with E-state index in [4.69, 9.17) is 10.5 Å². The van der Waals surface area contributed by atoms with Gasteiger partial charge in [0.1, 0.15) is 5.75 Å². The summed E-state index contributed by atoms with van der Waals surface area (Å²) in [5, 5.41) is 0. The highest BCUT2D eigenvalue weighted by molar-refractivity contribution is 5.34. The first kappa shape index (κ1) is 10.1. The Kier molecular flexibility index (Phi) is 3.32. The van der Waals surface area contributed by atoms with Crippen LogP contribution < -0.4 is 10.5 Å². The van der Waals surface area contributed by atoms with Crippen molar-refractivity contribution >= 4 is 0 Å². The summed E-state index contributed by atoms with van der Waals surface area (Å²) in [5.74, 6) is 0.913. The Balaban J connectivity index is 2.88. The van der Waals surface area contributed by atoms with E-state index < -0.39 is 0 Å². The lowest BCUT2D eigenvalue weighted by Crippen LogP contribution is -2.17. The largest absolute Gasteiger partial charge is 0.497 e. The smallest absolute Gasteiger partial charge is 0.119 e. The molecule has 1 aromatic carbocycles. The fourth-order valence-electron chi connectivity index (χ4n) is 1.43. The van der Waals surface area contributed by atoms with Crippen molar-refractivity contribution in [3.63, 3.8) is 0 Å². The van der Waals surface area contributed by atoms with Crippen LogP contribution in [0.2, 0.25) is 0 Å². The van der Waals surface area contributed by atoms with Gasteiger partial charge in [0.05, 0.1) is 7.11 Å². The first-order chi connectivity index (χ1) is 6.11. The molecule has 0 saturated heterocycles. The van der Waals surface area contributed by atoms with Gasteiger partial charge in [-0.3, -0.25) is 0 Å². The first-order valence-electron chi connectivity index (χ1n) is 4.52. The van der Waals surface area contributed by atoms with Crippen LogP contribution in [0.1, 0.15) is 18.1 Å². The van der Waals surface area contributed by atoms with Crippen LogP contribution in [0.15, 0.2) is 18.2 Å². The maximum absolute atomic E-state index is 5.73. The van der Waals surface area contributed by atoms with Crippen molar-refractivity contribution in [1.29, 1.82) is 0 Å². The second-order valence-corrected chi connectivity index (χ2v) is 3.54. The lowest BCUT2D eigenvalue weighted by molar-refractivity contribution is 0.414. The summed E-state index contributed by atoms with van der Waals surface area (Å²) < 4.78 is 5.18. The van der Waals surface area contributed by atoms with Crippen LogP contribution in [0.4, 0.5) is 0 Å². The number of hydrogen-bond donors (Lipinski definition) is 1. The minimum Gasteiger partial charge on any atom is -0.497 e. The summed E-state index contributed by atoms with van der Waals surface area (Å²) >= 11 is 0. The normalized spacial score (nSPS) is 12.6. The Labute approximate surface area is 79.7 Å². The van der Waals surface area contributed by atoms with E-state index in [9.17, 15) is 0 Å². The zero-order chi connectivity index (χ0) is 9.84. The third kappa shape index (κ3) is 3.07. The fourth-order valence-corrected chi connectivity index (χ4v) is 1.43. The Morgan fingerprint density at radius 1 is 1.38 bits per heavy atom. The van der Waals surface area contributed by atoms with E-state index in [0.717, 1.165) is 12.2 Å². The van der Waals surface area contributed by atoms with Gasteiger partial charge in [0.25, 0.3) is 0 Å². The topological polar surface area (TPSA) is 35.2 Å². The van der Waals surface area contributed by atoms with Gasteiger partial charge in [-0.2, -0.15) is 0 Å². The molecular weight excluding hydrogens is 162 g/mol. The van der Waals surface area contributed by atoms with Crippen molar-refractivity contribution in [2.45, 2.75) is 26.3 Å². The number of methoxy groups -OCH3 is 1. The molecule has 1 atom stereocenters. The van der Waals surface area contributed by atoms with E-state index in [-0.39, 0.29) is 6.04 Å². The molecular formula is C11H17NO. The number of nitrogens with two attached hydrogens (primary N) is 1. The van der Waals surface area contributed by atoms with Gasteiger partial charge in [-0.05, 0) is 43.5 Å². The minimum absolute atomic E-state index is 0.200. The van der Waals surface area contributed by atoms with Gasteiger partial charge in [-0.15, -0.1) is 0 Å². The van der Waals surface area contributed by atoms with Crippen molar-refractivity contribution in [3.05, 3.63) is 29.3 Å². The van der Waals surface area contributed by atoms with E-state index in [1.807, 2.05) is 19.1 Å². The zero-order valence-corrected chi connectivity index (χ0v) is 8.50. The van der Waals surface area contributed by atoms with Gasteiger partial charge in [-0.1, -0.05) is 6.07 Å². The predicted molar refractivity (Wildman–Crippen MR) is 55.1 cm³/mol. The molecule has 13 heavy (non-hydrogen) atoms. The van der Waals surface area contributed by atoms with E-state index in [2.05, 4.69) is 13.0 Å². The predicted octanol–water partition coefficient (Wildman–Crippen LogP) is 1.89. The summed E-state index contributed by atoms with van der Waals surface area (Å²) in [6.45, 7) is 4.07. The summed E-state index contributed by atoms with van der Waals surface area (Å²) in [6, 6.07) is 6.40. The Morgan fingerprint density at radius 2 is 2.08 bits per heavy atom. The van der Waals surface area contributed by atoms with Crippen LogP contribution in [0.5, 0.6) is 5.75 Å². The minimum atomic E-state index is 0.200. The third-order valence-electron chi connectivity index (χ3n) is 1.90. The molecule has 1 rings (SSSR count). The molecule has 0 radical (unpaired) electrons. The molecule has 2 heteroatoms. The molecule has 1 unspecified atom stereocenters. The molecule has 0 fully saturated rings. The molecule has 0 aliphatic rings. The molecule has 0 saturated carbocycles. The monoisotopic (exact) mass is 179 g/mol. The second kappa shape index (κ2) is 4.28.